The lowest BCUT2D eigenvalue weighted by Gasteiger charge is -2.22. The molecule has 1 saturated heterocycles. The van der Waals surface area contributed by atoms with E-state index < -0.39 is 0 Å². The Morgan fingerprint density at radius 2 is 2.06 bits per heavy atom. The normalized spacial score (nSPS) is 17.2. The lowest BCUT2D eigenvalue weighted by Crippen LogP contribution is -2.30. The van der Waals surface area contributed by atoms with E-state index in [2.05, 4.69) is 34.0 Å². The van der Waals surface area contributed by atoms with Crippen molar-refractivity contribution in [2.75, 3.05) is 29.9 Å². The molecule has 0 radical (unpaired) electrons. The fourth-order valence-corrected chi connectivity index (χ4v) is 2.16. The molecule has 0 unspecified atom stereocenters. The van der Waals surface area contributed by atoms with Gasteiger partial charge in [-0.15, -0.1) is 0 Å². The van der Waals surface area contributed by atoms with Crippen LogP contribution in [0.1, 0.15) is 26.7 Å². The van der Waals surface area contributed by atoms with Gasteiger partial charge >= 0.3 is 0 Å². The molecular formula is C13H22N4O. The quantitative estimate of drug-likeness (QED) is 0.829. The number of hydrogen-bond acceptors (Lipinski definition) is 5. The minimum Gasteiger partial charge on any atom is -0.394 e. The lowest BCUT2D eigenvalue weighted by molar-refractivity contribution is 0.249. The molecule has 1 fully saturated rings. The Labute approximate surface area is 108 Å². The van der Waals surface area contributed by atoms with Crippen LogP contribution in [0.4, 0.5) is 11.6 Å². The fraction of sp³-hybridized carbons (Fsp3) is 0.692. The van der Waals surface area contributed by atoms with Gasteiger partial charge in [0.25, 0.3) is 0 Å². The van der Waals surface area contributed by atoms with Gasteiger partial charge in [-0.2, -0.15) is 0 Å². The van der Waals surface area contributed by atoms with E-state index in [0.29, 0.717) is 5.92 Å². The molecule has 5 nitrogen and oxygen atoms in total. The molecule has 2 rings (SSSR count). The van der Waals surface area contributed by atoms with Crippen molar-refractivity contribution < 1.29 is 5.11 Å². The SMILES string of the molecule is CC(C)[C@@H](CO)Nc1cc(N2CCCC2)ncn1. The molecule has 0 saturated carbocycles. The zero-order valence-electron chi connectivity index (χ0n) is 11.1. The minimum atomic E-state index is 0.0336. The van der Waals surface area contributed by atoms with E-state index in [1.54, 1.807) is 6.33 Å². The molecule has 0 amide bonds. The van der Waals surface area contributed by atoms with Crippen molar-refractivity contribution in [3.05, 3.63) is 12.4 Å². The van der Waals surface area contributed by atoms with Crippen LogP contribution in [0.5, 0.6) is 0 Å². The fourth-order valence-electron chi connectivity index (χ4n) is 2.16. The number of nitrogens with one attached hydrogen (secondary N) is 1. The van der Waals surface area contributed by atoms with Gasteiger partial charge in [-0.1, -0.05) is 13.8 Å². The zero-order valence-corrected chi connectivity index (χ0v) is 11.1. The van der Waals surface area contributed by atoms with Crippen LogP contribution < -0.4 is 10.2 Å². The Bertz CT molecular complexity index is 377. The van der Waals surface area contributed by atoms with E-state index in [9.17, 15) is 5.11 Å². The molecule has 1 aliphatic heterocycles. The topological polar surface area (TPSA) is 61.3 Å². The molecule has 0 aliphatic carbocycles. The molecule has 0 spiro atoms. The highest BCUT2D eigenvalue weighted by Gasteiger charge is 2.16. The summed E-state index contributed by atoms with van der Waals surface area (Å²) in [5.74, 6) is 2.13. The van der Waals surface area contributed by atoms with Crippen LogP contribution in [0.2, 0.25) is 0 Å². The summed E-state index contributed by atoms with van der Waals surface area (Å²) >= 11 is 0. The van der Waals surface area contributed by atoms with Gasteiger partial charge in [-0.3, -0.25) is 0 Å². The largest absolute Gasteiger partial charge is 0.394 e. The number of hydrogen-bond donors (Lipinski definition) is 2. The molecule has 0 aromatic carbocycles. The highest BCUT2D eigenvalue weighted by Crippen LogP contribution is 2.20. The van der Waals surface area contributed by atoms with Crippen molar-refractivity contribution in [1.82, 2.24) is 9.97 Å². The second-order valence-corrected chi connectivity index (χ2v) is 5.13. The molecule has 0 bridgehead atoms. The molecular weight excluding hydrogens is 228 g/mol. The second kappa shape index (κ2) is 6.00. The van der Waals surface area contributed by atoms with Crippen LogP contribution in [-0.2, 0) is 0 Å². The maximum atomic E-state index is 9.32. The van der Waals surface area contributed by atoms with Gasteiger partial charge in [0.15, 0.2) is 0 Å². The van der Waals surface area contributed by atoms with Gasteiger partial charge < -0.3 is 15.3 Å². The van der Waals surface area contributed by atoms with E-state index in [1.165, 1.54) is 12.8 Å². The van der Waals surface area contributed by atoms with Crippen LogP contribution in [0.25, 0.3) is 0 Å². The maximum absolute atomic E-state index is 9.32. The van der Waals surface area contributed by atoms with Crippen LogP contribution in [0, 0.1) is 5.92 Å². The number of rotatable bonds is 5. The average molecular weight is 250 g/mol. The van der Waals surface area contributed by atoms with E-state index in [-0.39, 0.29) is 12.6 Å². The summed E-state index contributed by atoms with van der Waals surface area (Å²) in [5, 5.41) is 12.6. The summed E-state index contributed by atoms with van der Waals surface area (Å²) in [4.78, 5) is 10.8. The average Bonchev–Trinajstić information content (AvgIpc) is 2.90. The van der Waals surface area contributed by atoms with Crippen molar-refractivity contribution in [1.29, 1.82) is 0 Å². The van der Waals surface area contributed by atoms with Gasteiger partial charge in [0.05, 0.1) is 12.6 Å². The third-order valence-electron chi connectivity index (χ3n) is 3.42. The molecule has 100 valence electrons. The first-order valence-electron chi connectivity index (χ1n) is 6.65. The van der Waals surface area contributed by atoms with Crippen molar-refractivity contribution in [3.8, 4) is 0 Å². The number of aliphatic hydroxyl groups is 1. The third-order valence-corrected chi connectivity index (χ3v) is 3.42. The summed E-state index contributed by atoms with van der Waals surface area (Å²) in [7, 11) is 0. The summed E-state index contributed by atoms with van der Waals surface area (Å²) in [6.07, 6.45) is 4.06. The summed E-state index contributed by atoms with van der Waals surface area (Å²) in [6.45, 7) is 6.42. The Balaban J connectivity index is 2.06. The molecule has 5 heteroatoms. The van der Waals surface area contributed by atoms with Crippen molar-refractivity contribution in [2.45, 2.75) is 32.7 Å². The van der Waals surface area contributed by atoms with Crippen LogP contribution in [0.3, 0.4) is 0 Å². The number of anilines is 2. The maximum Gasteiger partial charge on any atom is 0.134 e. The Morgan fingerprint density at radius 3 is 2.67 bits per heavy atom. The van der Waals surface area contributed by atoms with Crippen molar-refractivity contribution >= 4 is 11.6 Å². The molecule has 18 heavy (non-hydrogen) atoms. The smallest absolute Gasteiger partial charge is 0.134 e. The molecule has 2 N–H and O–H groups in total. The van der Waals surface area contributed by atoms with Gasteiger partial charge in [-0.25, -0.2) is 9.97 Å². The van der Waals surface area contributed by atoms with Gasteiger partial charge in [0.1, 0.15) is 18.0 Å². The number of aromatic nitrogens is 2. The summed E-state index contributed by atoms with van der Waals surface area (Å²) < 4.78 is 0. The molecule has 1 aromatic rings. The Morgan fingerprint density at radius 1 is 1.33 bits per heavy atom. The van der Waals surface area contributed by atoms with E-state index in [0.717, 1.165) is 24.7 Å². The van der Waals surface area contributed by atoms with Crippen LogP contribution in [-0.4, -0.2) is 40.8 Å². The van der Waals surface area contributed by atoms with Gasteiger partial charge in [0, 0.05) is 19.2 Å². The third kappa shape index (κ3) is 3.10. The second-order valence-electron chi connectivity index (χ2n) is 5.13. The van der Waals surface area contributed by atoms with E-state index >= 15 is 0 Å². The highest BCUT2D eigenvalue weighted by molar-refractivity contribution is 5.49. The van der Waals surface area contributed by atoms with Crippen LogP contribution >= 0.6 is 0 Å². The highest BCUT2D eigenvalue weighted by atomic mass is 16.3. The lowest BCUT2D eigenvalue weighted by atomic mass is 10.1. The van der Waals surface area contributed by atoms with Gasteiger partial charge in [0.2, 0.25) is 0 Å². The summed E-state index contributed by atoms with van der Waals surface area (Å²) in [6, 6.07) is 2.00. The molecule has 1 atom stereocenters. The molecule has 1 aliphatic rings. The predicted octanol–water partition coefficient (Wildman–Crippen LogP) is 1.51. The Kier molecular flexibility index (Phi) is 4.36. The van der Waals surface area contributed by atoms with E-state index in [1.807, 2.05) is 6.07 Å². The predicted molar refractivity (Wildman–Crippen MR) is 72.8 cm³/mol. The minimum absolute atomic E-state index is 0.0336. The standard InChI is InChI=1S/C13H22N4O/c1-10(2)11(8-18)16-12-7-13(15-9-14-12)17-5-3-4-6-17/h7,9-11,18H,3-6,8H2,1-2H3,(H,14,15,16)/t11-/m1/s1. The first-order valence-corrected chi connectivity index (χ1v) is 6.65. The number of nitrogens with zero attached hydrogens (tertiary/aromatic N) is 3. The monoisotopic (exact) mass is 250 g/mol. The molecule has 2 heterocycles. The van der Waals surface area contributed by atoms with Crippen LogP contribution in [0.15, 0.2) is 12.4 Å². The summed E-state index contributed by atoms with van der Waals surface area (Å²) in [5.41, 5.74) is 0. The van der Waals surface area contributed by atoms with Crippen molar-refractivity contribution in [3.63, 3.8) is 0 Å². The van der Waals surface area contributed by atoms with E-state index in [4.69, 9.17) is 0 Å². The first-order chi connectivity index (χ1) is 8.70. The number of aliphatic hydroxyl groups excluding tert-OH is 1. The molecule has 1 aromatic heterocycles. The Hall–Kier alpha value is -1.36. The van der Waals surface area contributed by atoms with Gasteiger partial charge in [-0.05, 0) is 18.8 Å². The van der Waals surface area contributed by atoms with Crippen molar-refractivity contribution in [2.24, 2.45) is 5.92 Å². The zero-order chi connectivity index (χ0) is 13.0. The first kappa shape index (κ1) is 13.1.